The highest BCUT2D eigenvalue weighted by molar-refractivity contribution is 5.72. The number of carbonyl (C=O) groups is 1. The lowest BCUT2D eigenvalue weighted by atomic mass is 9.62. The number of nitrogens with zero attached hydrogens (tertiary/aromatic N) is 1. The molecule has 4 aliphatic rings. The van der Waals surface area contributed by atoms with Crippen LogP contribution in [-0.2, 0) is 9.53 Å². The summed E-state index contributed by atoms with van der Waals surface area (Å²) in [6.07, 6.45) is 7.52. The summed E-state index contributed by atoms with van der Waals surface area (Å²) in [6, 6.07) is 0.767. The van der Waals surface area contributed by atoms with E-state index in [2.05, 4.69) is 11.8 Å². The van der Waals surface area contributed by atoms with E-state index < -0.39 is 0 Å². The first kappa shape index (κ1) is 12.2. The molecule has 0 aromatic carbocycles. The Bertz CT molecular complexity index is 375. The molecular formula is C16H25NO2. The lowest BCUT2D eigenvalue weighted by molar-refractivity contribution is -0.147. The average molecular weight is 263 g/mol. The molecule has 0 bridgehead atoms. The minimum atomic E-state index is 0.0726. The molecule has 0 aromatic rings. The topological polar surface area (TPSA) is 29.5 Å². The second kappa shape index (κ2) is 4.47. The Balaban J connectivity index is 1.71. The van der Waals surface area contributed by atoms with Gasteiger partial charge in [-0.15, -0.1) is 0 Å². The molecule has 106 valence electrons. The first-order valence-electron chi connectivity index (χ1n) is 8.23. The summed E-state index contributed by atoms with van der Waals surface area (Å²) in [5.41, 5.74) is 0. The molecule has 3 aliphatic heterocycles. The fourth-order valence-corrected chi connectivity index (χ4v) is 5.73. The van der Waals surface area contributed by atoms with Gasteiger partial charge in [0.15, 0.2) is 0 Å². The van der Waals surface area contributed by atoms with Crippen LogP contribution in [0.1, 0.15) is 45.4 Å². The predicted octanol–water partition coefficient (Wildman–Crippen LogP) is 2.45. The van der Waals surface area contributed by atoms with Gasteiger partial charge in [0.1, 0.15) is 6.10 Å². The molecule has 0 N–H and O–H groups in total. The summed E-state index contributed by atoms with van der Waals surface area (Å²) in [5.74, 6) is 2.75. The normalized spacial score (nSPS) is 49.4. The van der Waals surface area contributed by atoms with Crippen molar-refractivity contribution in [2.24, 2.45) is 23.7 Å². The maximum Gasteiger partial charge on any atom is 0.306 e. The van der Waals surface area contributed by atoms with Crippen LogP contribution in [0.25, 0.3) is 0 Å². The summed E-state index contributed by atoms with van der Waals surface area (Å²) in [7, 11) is 0. The monoisotopic (exact) mass is 263 g/mol. The Morgan fingerprint density at radius 2 is 2.05 bits per heavy atom. The van der Waals surface area contributed by atoms with Gasteiger partial charge in [0.2, 0.25) is 0 Å². The highest BCUT2D eigenvalue weighted by atomic mass is 16.6. The SMILES string of the molecule is CC[C@@H]1[C@H]2CCCCN3CC[C@@H]([C@@H]4CC(=O)O[C@H]14)[C@@H]23. The summed E-state index contributed by atoms with van der Waals surface area (Å²) in [5, 5.41) is 0. The van der Waals surface area contributed by atoms with E-state index in [-0.39, 0.29) is 12.1 Å². The fraction of sp³-hybridized carbons (Fsp3) is 0.938. The zero-order chi connectivity index (χ0) is 13.0. The van der Waals surface area contributed by atoms with Gasteiger partial charge in [-0.3, -0.25) is 9.69 Å². The molecule has 3 saturated heterocycles. The quantitative estimate of drug-likeness (QED) is 0.681. The van der Waals surface area contributed by atoms with Crippen molar-refractivity contribution in [3.8, 4) is 0 Å². The third-order valence-electron chi connectivity index (χ3n) is 6.37. The van der Waals surface area contributed by atoms with Crippen LogP contribution in [0, 0.1) is 23.7 Å². The number of hydrogen-bond donors (Lipinski definition) is 0. The van der Waals surface area contributed by atoms with Crippen LogP contribution in [0.3, 0.4) is 0 Å². The number of rotatable bonds is 1. The molecule has 19 heavy (non-hydrogen) atoms. The van der Waals surface area contributed by atoms with E-state index in [1.807, 2.05) is 0 Å². The van der Waals surface area contributed by atoms with Crippen molar-refractivity contribution >= 4 is 5.97 Å². The average Bonchev–Trinajstić information content (AvgIpc) is 2.91. The first-order chi connectivity index (χ1) is 9.29. The standard InChI is InChI=1S/C16H25NO2/c1-2-10-11-5-3-4-7-17-8-6-12(15(11)17)13-9-14(18)19-16(10)13/h10-13,15-16H,2-9H2,1H3/t10-,11-,12+,13+,15-,16-/m1/s1. The molecular weight excluding hydrogens is 238 g/mol. The van der Waals surface area contributed by atoms with E-state index in [1.54, 1.807) is 0 Å². The lowest BCUT2D eigenvalue weighted by Gasteiger charge is -2.47. The highest BCUT2D eigenvalue weighted by Gasteiger charge is 2.57. The molecule has 0 radical (unpaired) electrons. The number of esters is 1. The van der Waals surface area contributed by atoms with E-state index in [4.69, 9.17) is 4.74 Å². The maximum atomic E-state index is 11.8. The minimum Gasteiger partial charge on any atom is -0.462 e. The molecule has 6 atom stereocenters. The molecule has 0 aromatic heterocycles. The highest BCUT2D eigenvalue weighted by Crippen LogP contribution is 2.53. The van der Waals surface area contributed by atoms with Gasteiger partial charge in [0.25, 0.3) is 0 Å². The van der Waals surface area contributed by atoms with E-state index in [1.165, 1.54) is 45.2 Å². The van der Waals surface area contributed by atoms with E-state index in [0.717, 1.165) is 17.9 Å². The van der Waals surface area contributed by atoms with Crippen molar-refractivity contribution in [1.29, 1.82) is 0 Å². The molecule has 3 nitrogen and oxygen atoms in total. The second-order valence-electron chi connectivity index (χ2n) is 7.03. The molecule has 1 saturated carbocycles. The molecule has 0 unspecified atom stereocenters. The van der Waals surface area contributed by atoms with Gasteiger partial charge in [-0.25, -0.2) is 0 Å². The zero-order valence-corrected chi connectivity index (χ0v) is 11.9. The van der Waals surface area contributed by atoms with Gasteiger partial charge in [-0.2, -0.15) is 0 Å². The number of carbonyl (C=O) groups excluding carboxylic acids is 1. The summed E-state index contributed by atoms with van der Waals surface area (Å²) in [6.45, 7) is 4.85. The Kier molecular flexibility index (Phi) is 2.87. The molecule has 0 spiro atoms. The third kappa shape index (κ3) is 1.70. The predicted molar refractivity (Wildman–Crippen MR) is 72.6 cm³/mol. The van der Waals surface area contributed by atoms with Crippen molar-refractivity contribution in [3.05, 3.63) is 0 Å². The van der Waals surface area contributed by atoms with Crippen molar-refractivity contribution in [2.75, 3.05) is 13.1 Å². The number of fused-ring (bicyclic) bond motifs is 2. The van der Waals surface area contributed by atoms with Crippen LogP contribution in [0.5, 0.6) is 0 Å². The summed E-state index contributed by atoms with van der Waals surface area (Å²) >= 11 is 0. The van der Waals surface area contributed by atoms with Crippen LogP contribution in [-0.4, -0.2) is 36.1 Å². The molecule has 1 aliphatic carbocycles. The zero-order valence-electron chi connectivity index (χ0n) is 11.9. The van der Waals surface area contributed by atoms with Crippen molar-refractivity contribution in [2.45, 2.75) is 57.6 Å². The molecule has 4 rings (SSSR count). The van der Waals surface area contributed by atoms with E-state index >= 15 is 0 Å². The smallest absolute Gasteiger partial charge is 0.306 e. The van der Waals surface area contributed by atoms with Crippen LogP contribution in [0.2, 0.25) is 0 Å². The van der Waals surface area contributed by atoms with Gasteiger partial charge in [-0.1, -0.05) is 13.3 Å². The van der Waals surface area contributed by atoms with Gasteiger partial charge >= 0.3 is 5.97 Å². The van der Waals surface area contributed by atoms with Gasteiger partial charge in [-0.05, 0) is 50.6 Å². The number of ether oxygens (including phenoxy) is 1. The fourth-order valence-electron chi connectivity index (χ4n) is 5.73. The van der Waals surface area contributed by atoms with Gasteiger partial charge in [0.05, 0.1) is 6.42 Å². The molecule has 3 heteroatoms. The molecule has 4 fully saturated rings. The summed E-state index contributed by atoms with van der Waals surface area (Å²) < 4.78 is 5.75. The van der Waals surface area contributed by atoms with Gasteiger partial charge < -0.3 is 4.74 Å². The van der Waals surface area contributed by atoms with Crippen LogP contribution < -0.4 is 0 Å². The Morgan fingerprint density at radius 3 is 2.89 bits per heavy atom. The Hall–Kier alpha value is -0.570. The van der Waals surface area contributed by atoms with Crippen molar-refractivity contribution in [3.63, 3.8) is 0 Å². The van der Waals surface area contributed by atoms with Gasteiger partial charge in [0, 0.05) is 17.9 Å². The van der Waals surface area contributed by atoms with Crippen LogP contribution in [0.4, 0.5) is 0 Å². The van der Waals surface area contributed by atoms with Crippen LogP contribution in [0.15, 0.2) is 0 Å². The van der Waals surface area contributed by atoms with E-state index in [0.29, 0.717) is 18.3 Å². The minimum absolute atomic E-state index is 0.0726. The van der Waals surface area contributed by atoms with E-state index in [9.17, 15) is 4.79 Å². The molecule has 0 amide bonds. The second-order valence-corrected chi connectivity index (χ2v) is 7.03. The maximum absolute atomic E-state index is 11.8. The van der Waals surface area contributed by atoms with Crippen molar-refractivity contribution < 1.29 is 9.53 Å². The van der Waals surface area contributed by atoms with Crippen LogP contribution >= 0.6 is 0 Å². The Morgan fingerprint density at radius 1 is 1.16 bits per heavy atom. The Labute approximate surface area is 115 Å². The number of hydrogen-bond acceptors (Lipinski definition) is 3. The molecule has 3 heterocycles. The lowest BCUT2D eigenvalue weighted by Crippen LogP contribution is -2.52. The first-order valence-corrected chi connectivity index (χ1v) is 8.23. The summed E-state index contributed by atoms with van der Waals surface area (Å²) in [4.78, 5) is 14.5. The largest absolute Gasteiger partial charge is 0.462 e. The third-order valence-corrected chi connectivity index (χ3v) is 6.37. The van der Waals surface area contributed by atoms with Crippen molar-refractivity contribution in [1.82, 2.24) is 4.90 Å².